The highest BCUT2D eigenvalue weighted by Crippen LogP contribution is 2.36. The fourth-order valence-corrected chi connectivity index (χ4v) is 5.80. The molecule has 3 aromatic rings. The second-order valence-corrected chi connectivity index (χ2v) is 11.2. The van der Waals surface area contributed by atoms with Crippen molar-refractivity contribution in [1.29, 1.82) is 0 Å². The monoisotopic (exact) mass is 540 g/mol. The molecule has 176 valence electrons. The van der Waals surface area contributed by atoms with Crippen molar-refractivity contribution in [3.8, 4) is 0 Å². The third-order valence-electron chi connectivity index (χ3n) is 6.00. The molecule has 0 N–H and O–H groups in total. The molecule has 0 saturated heterocycles. The SMILES string of the molecule is CC(=O)N(CS(=O)(=O)c1ccc(C)cc1)C(=O)C1c2ccccc2CCN1c1ccc(Br)cc1. The predicted molar refractivity (Wildman–Crippen MR) is 135 cm³/mol. The largest absolute Gasteiger partial charge is 0.356 e. The molecule has 0 radical (unpaired) electrons. The van der Waals surface area contributed by atoms with Gasteiger partial charge in [0.05, 0.1) is 4.90 Å². The molecule has 1 unspecified atom stereocenters. The van der Waals surface area contributed by atoms with E-state index in [1.807, 2.05) is 60.4 Å². The number of benzene rings is 3. The number of rotatable bonds is 5. The molecule has 6 nitrogen and oxygen atoms in total. The zero-order chi connectivity index (χ0) is 24.5. The number of amides is 2. The van der Waals surface area contributed by atoms with Gasteiger partial charge in [-0.1, -0.05) is 57.9 Å². The Hall–Kier alpha value is -2.97. The molecule has 1 heterocycles. The van der Waals surface area contributed by atoms with Crippen LogP contribution in [0.4, 0.5) is 5.69 Å². The summed E-state index contributed by atoms with van der Waals surface area (Å²) in [5.74, 6) is -1.88. The van der Waals surface area contributed by atoms with Gasteiger partial charge in [0.2, 0.25) is 5.91 Å². The van der Waals surface area contributed by atoms with Crippen LogP contribution in [0.25, 0.3) is 0 Å². The summed E-state index contributed by atoms with van der Waals surface area (Å²) < 4.78 is 27.1. The van der Waals surface area contributed by atoms with Gasteiger partial charge < -0.3 is 4.90 Å². The Morgan fingerprint density at radius 1 is 1.00 bits per heavy atom. The number of aryl methyl sites for hydroxylation is 1. The minimum Gasteiger partial charge on any atom is -0.356 e. The van der Waals surface area contributed by atoms with Gasteiger partial charge in [-0.25, -0.2) is 8.42 Å². The van der Waals surface area contributed by atoms with Crippen molar-refractivity contribution >= 4 is 43.3 Å². The number of anilines is 1. The van der Waals surface area contributed by atoms with E-state index < -0.39 is 33.6 Å². The van der Waals surface area contributed by atoms with Crippen molar-refractivity contribution < 1.29 is 18.0 Å². The summed E-state index contributed by atoms with van der Waals surface area (Å²) >= 11 is 3.44. The van der Waals surface area contributed by atoms with E-state index in [2.05, 4.69) is 15.9 Å². The van der Waals surface area contributed by atoms with E-state index in [0.717, 1.165) is 38.2 Å². The van der Waals surface area contributed by atoms with Crippen LogP contribution in [0.3, 0.4) is 0 Å². The molecule has 8 heteroatoms. The van der Waals surface area contributed by atoms with Crippen molar-refractivity contribution in [3.63, 3.8) is 0 Å². The molecule has 1 aliphatic rings. The van der Waals surface area contributed by atoms with Gasteiger partial charge in [-0.05, 0) is 60.9 Å². The number of fused-ring (bicyclic) bond motifs is 1. The van der Waals surface area contributed by atoms with Crippen LogP contribution < -0.4 is 4.90 Å². The number of hydrogen-bond acceptors (Lipinski definition) is 5. The lowest BCUT2D eigenvalue weighted by molar-refractivity contribution is -0.143. The molecule has 1 aliphatic heterocycles. The van der Waals surface area contributed by atoms with Crippen molar-refractivity contribution in [2.75, 3.05) is 17.3 Å². The van der Waals surface area contributed by atoms with E-state index in [-0.39, 0.29) is 4.90 Å². The van der Waals surface area contributed by atoms with Crippen LogP contribution in [-0.4, -0.2) is 37.6 Å². The maximum Gasteiger partial charge on any atom is 0.257 e. The fourth-order valence-electron chi connectivity index (χ4n) is 4.19. The molecule has 0 fully saturated rings. The summed E-state index contributed by atoms with van der Waals surface area (Å²) in [5.41, 5.74) is 3.53. The summed E-state index contributed by atoms with van der Waals surface area (Å²) in [4.78, 5) is 29.4. The highest BCUT2D eigenvalue weighted by Gasteiger charge is 2.38. The van der Waals surface area contributed by atoms with Crippen molar-refractivity contribution in [3.05, 3.63) is 94.0 Å². The lowest BCUT2D eigenvalue weighted by Crippen LogP contribution is -2.49. The molecule has 2 amide bonds. The normalized spacial score (nSPS) is 15.5. The first-order chi connectivity index (χ1) is 16.2. The average molecular weight is 541 g/mol. The van der Waals surface area contributed by atoms with Gasteiger partial charge in [0, 0.05) is 23.6 Å². The first kappa shape index (κ1) is 24.2. The van der Waals surface area contributed by atoms with Crippen LogP contribution in [0.5, 0.6) is 0 Å². The smallest absolute Gasteiger partial charge is 0.257 e. The molecular weight excluding hydrogens is 516 g/mol. The lowest BCUT2D eigenvalue weighted by Gasteiger charge is -2.39. The molecule has 0 saturated carbocycles. The zero-order valence-corrected chi connectivity index (χ0v) is 21.3. The number of sulfone groups is 1. The van der Waals surface area contributed by atoms with E-state index in [4.69, 9.17) is 0 Å². The number of halogens is 1. The summed E-state index contributed by atoms with van der Waals surface area (Å²) in [5, 5.41) is 0. The van der Waals surface area contributed by atoms with Crippen molar-refractivity contribution in [1.82, 2.24) is 4.90 Å². The molecule has 1 atom stereocenters. The standard InChI is InChI=1S/C26H25BrN2O4S/c1-18-7-13-23(14-8-18)34(32,33)17-29(19(2)30)26(31)25-24-6-4-3-5-20(24)15-16-28(25)22-11-9-21(27)10-12-22/h3-14,25H,15-17H2,1-2H3. The molecule has 0 spiro atoms. The number of carbonyl (C=O) groups excluding carboxylic acids is 2. The van der Waals surface area contributed by atoms with E-state index in [1.165, 1.54) is 19.1 Å². The average Bonchev–Trinajstić information content (AvgIpc) is 2.82. The van der Waals surface area contributed by atoms with Crippen molar-refractivity contribution in [2.45, 2.75) is 31.2 Å². The number of hydrogen-bond donors (Lipinski definition) is 0. The molecule has 34 heavy (non-hydrogen) atoms. The van der Waals surface area contributed by atoms with Gasteiger partial charge in [0.15, 0.2) is 9.84 Å². The Balaban J connectivity index is 1.74. The van der Waals surface area contributed by atoms with E-state index in [1.54, 1.807) is 12.1 Å². The molecule has 4 rings (SSSR count). The highest BCUT2D eigenvalue weighted by atomic mass is 79.9. The minimum absolute atomic E-state index is 0.0750. The van der Waals surface area contributed by atoms with Crippen molar-refractivity contribution in [2.24, 2.45) is 0 Å². The first-order valence-corrected chi connectivity index (χ1v) is 13.3. The van der Waals surface area contributed by atoms with Crippen LogP contribution in [0.2, 0.25) is 0 Å². The van der Waals surface area contributed by atoms with Crippen LogP contribution in [0.1, 0.15) is 29.7 Å². The van der Waals surface area contributed by atoms with Crippen LogP contribution in [0, 0.1) is 6.92 Å². The molecule has 3 aromatic carbocycles. The number of imide groups is 1. The summed E-state index contributed by atoms with van der Waals surface area (Å²) in [7, 11) is -3.91. The van der Waals surface area contributed by atoms with Crippen LogP contribution in [0.15, 0.2) is 82.2 Å². The molecule has 0 bridgehead atoms. The van der Waals surface area contributed by atoms with Crippen LogP contribution in [-0.2, 0) is 25.8 Å². The molecular formula is C26H25BrN2O4S. The van der Waals surface area contributed by atoms with E-state index >= 15 is 0 Å². The van der Waals surface area contributed by atoms with Gasteiger partial charge in [-0.2, -0.15) is 0 Å². The topological polar surface area (TPSA) is 74.8 Å². The Kier molecular flexibility index (Phi) is 6.91. The van der Waals surface area contributed by atoms with E-state index in [0.29, 0.717) is 6.54 Å². The van der Waals surface area contributed by atoms with Gasteiger partial charge in [-0.3, -0.25) is 14.5 Å². The Morgan fingerprint density at radius 3 is 2.29 bits per heavy atom. The summed E-state index contributed by atoms with van der Waals surface area (Å²) in [6, 6.07) is 20.8. The molecule has 0 aliphatic carbocycles. The second-order valence-electron chi connectivity index (χ2n) is 8.36. The fraction of sp³-hybridized carbons (Fsp3) is 0.231. The third kappa shape index (κ3) is 4.93. The Morgan fingerprint density at radius 2 is 1.65 bits per heavy atom. The second kappa shape index (κ2) is 9.72. The predicted octanol–water partition coefficient (Wildman–Crippen LogP) is 4.67. The summed E-state index contributed by atoms with van der Waals surface area (Å²) in [6.07, 6.45) is 0.734. The summed E-state index contributed by atoms with van der Waals surface area (Å²) in [6.45, 7) is 3.64. The van der Waals surface area contributed by atoms with Crippen LogP contribution >= 0.6 is 15.9 Å². The first-order valence-electron chi connectivity index (χ1n) is 10.9. The van der Waals surface area contributed by atoms with Gasteiger partial charge in [0.25, 0.3) is 5.91 Å². The lowest BCUT2D eigenvalue weighted by atomic mass is 9.91. The molecule has 0 aromatic heterocycles. The Labute approximate surface area is 208 Å². The Bertz CT molecular complexity index is 1320. The maximum absolute atomic E-state index is 13.9. The van der Waals surface area contributed by atoms with Gasteiger partial charge >= 0.3 is 0 Å². The number of carbonyl (C=O) groups is 2. The maximum atomic E-state index is 13.9. The van der Waals surface area contributed by atoms with Gasteiger partial charge in [0.1, 0.15) is 11.9 Å². The number of nitrogens with zero attached hydrogens (tertiary/aromatic N) is 2. The minimum atomic E-state index is -3.91. The zero-order valence-electron chi connectivity index (χ0n) is 18.9. The third-order valence-corrected chi connectivity index (χ3v) is 8.12. The van der Waals surface area contributed by atoms with E-state index in [9.17, 15) is 18.0 Å². The quantitative estimate of drug-likeness (QED) is 0.470. The highest BCUT2D eigenvalue weighted by molar-refractivity contribution is 9.10. The van der Waals surface area contributed by atoms with Gasteiger partial charge in [-0.15, -0.1) is 0 Å².